The number of benzene rings is 4. The van der Waals surface area contributed by atoms with E-state index in [4.69, 9.17) is 21.1 Å². The lowest BCUT2D eigenvalue weighted by atomic mass is 9.77. The fraction of sp³-hybridized carbons (Fsp3) is 0.167. The summed E-state index contributed by atoms with van der Waals surface area (Å²) in [6.45, 7) is 3.07. The number of halogens is 1. The van der Waals surface area contributed by atoms with E-state index in [1.54, 1.807) is 6.07 Å². The summed E-state index contributed by atoms with van der Waals surface area (Å²) >= 11 is 6.35. The maximum atomic E-state index is 13.0. The first kappa shape index (κ1) is 21.8. The lowest BCUT2D eigenvalue weighted by Gasteiger charge is -2.37. The van der Waals surface area contributed by atoms with E-state index < -0.39 is 5.60 Å². The quantitative estimate of drug-likeness (QED) is 0.272. The fourth-order valence-corrected chi connectivity index (χ4v) is 5.30. The second kappa shape index (κ2) is 8.47. The molecule has 6 rings (SSSR count). The number of fused-ring (bicyclic) bond motifs is 6. The number of rotatable bonds is 5. The molecule has 1 atom stereocenters. The second-order valence-corrected chi connectivity index (χ2v) is 9.32. The zero-order chi connectivity index (χ0) is 24.0. The van der Waals surface area contributed by atoms with Crippen LogP contribution < -0.4 is 9.64 Å². The number of hydrogen-bond donors (Lipinski definition) is 0. The zero-order valence-corrected chi connectivity index (χ0v) is 20.1. The summed E-state index contributed by atoms with van der Waals surface area (Å²) < 4.78 is 12.7. The van der Waals surface area contributed by atoms with Crippen LogP contribution in [0.1, 0.15) is 46.8 Å². The van der Waals surface area contributed by atoms with Gasteiger partial charge < -0.3 is 14.4 Å². The lowest BCUT2D eigenvalue weighted by Crippen LogP contribution is -2.33. The monoisotopic (exact) mass is 481 g/mol. The van der Waals surface area contributed by atoms with Crippen LogP contribution >= 0.6 is 11.6 Å². The number of carbonyl (C=O) groups is 1. The van der Waals surface area contributed by atoms with Gasteiger partial charge in [0.15, 0.2) is 5.60 Å². The van der Waals surface area contributed by atoms with Crippen molar-refractivity contribution >= 4 is 28.9 Å². The first-order valence-electron chi connectivity index (χ1n) is 11.9. The molecule has 4 aromatic rings. The average Bonchev–Trinajstić information content (AvgIpc) is 3.17. The predicted octanol–water partition coefficient (Wildman–Crippen LogP) is 7.85. The van der Waals surface area contributed by atoms with E-state index in [9.17, 15) is 4.79 Å². The molecule has 4 nitrogen and oxygen atoms in total. The molecule has 0 saturated heterocycles. The third-order valence-electron chi connectivity index (χ3n) is 6.77. The largest absolute Gasteiger partial charge is 0.456 e. The SMILES string of the molecule is CCCCN(c1ccccc1)c1ccc2c(c1)Oc1cc(Cl)ccc1C21OC(=O)c2ccccc21. The number of nitrogens with zero attached hydrogens (tertiary/aromatic N) is 1. The fourth-order valence-electron chi connectivity index (χ4n) is 5.14. The Bertz CT molecular complexity index is 1430. The van der Waals surface area contributed by atoms with E-state index in [0.717, 1.165) is 47.5 Å². The van der Waals surface area contributed by atoms with Gasteiger partial charge in [0.05, 0.1) is 5.56 Å². The highest BCUT2D eigenvalue weighted by atomic mass is 35.5. The molecule has 0 fully saturated rings. The second-order valence-electron chi connectivity index (χ2n) is 8.88. The van der Waals surface area contributed by atoms with Gasteiger partial charge in [-0.05, 0) is 55.0 Å². The molecule has 0 aliphatic carbocycles. The number of para-hydroxylation sites is 1. The Labute approximate surface area is 209 Å². The minimum absolute atomic E-state index is 0.340. The molecule has 0 aromatic heterocycles. The number of ether oxygens (including phenoxy) is 2. The normalized spacial score (nSPS) is 17.3. The number of anilines is 2. The van der Waals surface area contributed by atoms with Crippen LogP contribution in [-0.4, -0.2) is 12.5 Å². The van der Waals surface area contributed by atoms with Crippen molar-refractivity contribution in [1.29, 1.82) is 0 Å². The summed E-state index contributed by atoms with van der Waals surface area (Å²) in [5.41, 5.74) is 4.01. The van der Waals surface area contributed by atoms with Gasteiger partial charge in [0.25, 0.3) is 0 Å². The Hall–Kier alpha value is -3.76. The van der Waals surface area contributed by atoms with Crippen molar-refractivity contribution in [2.45, 2.75) is 25.4 Å². The third kappa shape index (κ3) is 3.40. The molecule has 35 heavy (non-hydrogen) atoms. The van der Waals surface area contributed by atoms with Crippen LogP contribution in [0.2, 0.25) is 5.02 Å². The molecule has 1 spiro atoms. The highest BCUT2D eigenvalue weighted by molar-refractivity contribution is 6.30. The highest BCUT2D eigenvalue weighted by Gasteiger charge is 2.53. The molecule has 2 heterocycles. The van der Waals surface area contributed by atoms with Gasteiger partial charge in [0, 0.05) is 45.7 Å². The molecule has 2 aliphatic heterocycles. The minimum Gasteiger partial charge on any atom is -0.456 e. The molecule has 0 amide bonds. The van der Waals surface area contributed by atoms with Gasteiger partial charge in [-0.1, -0.05) is 61.3 Å². The third-order valence-corrected chi connectivity index (χ3v) is 7.01. The zero-order valence-electron chi connectivity index (χ0n) is 19.3. The molecule has 5 heteroatoms. The molecule has 0 bridgehead atoms. The van der Waals surface area contributed by atoms with Gasteiger partial charge >= 0.3 is 5.97 Å². The van der Waals surface area contributed by atoms with Gasteiger partial charge in [-0.25, -0.2) is 4.79 Å². The molecular weight excluding hydrogens is 458 g/mol. The lowest BCUT2D eigenvalue weighted by molar-refractivity contribution is 0.0224. The van der Waals surface area contributed by atoms with Crippen LogP contribution in [0.4, 0.5) is 11.4 Å². The topological polar surface area (TPSA) is 38.8 Å². The number of carbonyl (C=O) groups excluding carboxylic acids is 1. The number of hydrogen-bond acceptors (Lipinski definition) is 4. The van der Waals surface area contributed by atoms with Crippen LogP contribution in [0.3, 0.4) is 0 Å². The molecule has 0 N–H and O–H groups in total. The summed E-state index contributed by atoms with van der Waals surface area (Å²) in [6.07, 6.45) is 2.15. The van der Waals surface area contributed by atoms with Gasteiger partial charge in [-0.15, -0.1) is 0 Å². The van der Waals surface area contributed by atoms with Crippen molar-refractivity contribution in [2.75, 3.05) is 11.4 Å². The summed E-state index contributed by atoms with van der Waals surface area (Å²) in [6, 6.07) is 29.5. The maximum Gasteiger partial charge on any atom is 0.340 e. The smallest absolute Gasteiger partial charge is 0.340 e. The van der Waals surface area contributed by atoms with E-state index in [0.29, 0.717) is 22.1 Å². The average molecular weight is 482 g/mol. The standard InChI is InChI=1S/C30H24ClNO3/c1-2-3-17-32(21-9-5-4-6-10-21)22-14-16-26-28(19-22)34-27-18-20(31)13-15-25(27)30(26)24-12-8-7-11-23(24)29(33)35-30/h4-16,18-19H,2-3,17H2,1H3. The van der Waals surface area contributed by atoms with Crippen LogP contribution in [0.5, 0.6) is 11.5 Å². The van der Waals surface area contributed by atoms with Crippen molar-refractivity contribution < 1.29 is 14.3 Å². The highest BCUT2D eigenvalue weighted by Crippen LogP contribution is 2.57. The van der Waals surface area contributed by atoms with Crippen molar-refractivity contribution in [3.63, 3.8) is 0 Å². The summed E-state index contributed by atoms with van der Waals surface area (Å²) in [7, 11) is 0. The molecule has 4 aromatic carbocycles. The summed E-state index contributed by atoms with van der Waals surface area (Å²) in [5, 5.41) is 0.560. The van der Waals surface area contributed by atoms with E-state index in [1.165, 1.54) is 0 Å². The van der Waals surface area contributed by atoms with Crippen LogP contribution in [0.25, 0.3) is 0 Å². The van der Waals surface area contributed by atoms with Crippen molar-refractivity contribution in [3.05, 3.63) is 118 Å². The first-order chi connectivity index (χ1) is 17.1. The number of esters is 1. The Morgan fingerprint density at radius 2 is 1.51 bits per heavy atom. The van der Waals surface area contributed by atoms with Gasteiger partial charge in [-0.2, -0.15) is 0 Å². The van der Waals surface area contributed by atoms with Crippen LogP contribution in [-0.2, 0) is 10.3 Å². The van der Waals surface area contributed by atoms with E-state index in [1.807, 2.05) is 66.7 Å². The number of unbranched alkanes of at least 4 members (excludes halogenated alkanes) is 1. The van der Waals surface area contributed by atoms with E-state index in [-0.39, 0.29) is 5.97 Å². The molecule has 0 saturated carbocycles. The van der Waals surface area contributed by atoms with Crippen molar-refractivity contribution in [1.82, 2.24) is 0 Å². The first-order valence-corrected chi connectivity index (χ1v) is 12.3. The molecule has 174 valence electrons. The Balaban J connectivity index is 1.55. The maximum absolute atomic E-state index is 13.0. The molecular formula is C30H24ClNO3. The van der Waals surface area contributed by atoms with E-state index >= 15 is 0 Å². The molecule has 1 unspecified atom stereocenters. The molecule has 0 radical (unpaired) electrons. The van der Waals surface area contributed by atoms with Crippen molar-refractivity contribution in [2.24, 2.45) is 0 Å². The van der Waals surface area contributed by atoms with Crippen LogP contribution in [0.15, 0.2) is 91.0 Å². The summed E-state index contributed by atoms with van der Waals surface area (Å²) in [5.74, 6) is 0.901. The van der Waals surface area contributed by atoms with Gasteiger partial charge in [0.2, 0.25) is 0 Å². The van der Waals surface area contributed by atoms with E-state index in [2.05, 4.69) is 30.0 Å². The Morgan fingerprint density at radius 1 is 0.800 bits per heavy atom. The van der Waals surface area contributed by atoms with Crippen LogP contribution in [0, 0.1) is 0 Å². The minimum atomic E-state index is -1.08. The Morgan fingerprint density at radius 3 is 2.31 bits per heavy atom. The predicted molar refractivity (Wildman–Crippen MR) is 138 cm³/mol. The van der Waals surface area contributed by atoms with Crippen molar-refractivity contribution in [3.8, 4) is 11.5 Å². The van der Waals surface area contributed by atoms with Gasteiger partial charge in [-0.3, -0.25) is 0 Å². The summed E-state index contributed by atoms with van der Waals surface area (Å²) in [4.78, 5) is 15.3. The Kier molecular flexibility index (Phi) is 5.27. The van der Waals surface area contributed by atoms with Gasteiger partial charge in [0.1, 0.15) is 11.5 Å². The molecule has 2 aliphatic rings.